The smallest absolute Gasteiger partial charge is 0.310 e. The van der Waals surface area contributed by atoms with Crippen molar-refractivity contribution < 1.29 is 14.3 Å². The van der Waals surface area contributed by atoms with Crippen LogP contribution in [0.1, 0.15) is 28.4 Å². The first kappa shape index (κ1) is 13.3. The molecule has 0 N–H and O–H groups in total. The zero-order chi connectivity index (χ0) is 12.8. The van der Waals surface area contributed by atoms with Crippen molar-refractivity contribution in [2.24, 2.45) is 0 Å². The number of rotatable bonds is 4. The van der Waals surface area contributed by atoms with Crippen molar-refractivity contribution >= 4 is 24.9 Å². The van der Waals surface area contributed by atoms with E-state index in [9.17, 15) is 9.59 Å². The van der Waals surface area contributed by atoms with E-state index in [1.807, 2.05) is 6.07 Å². The molecule has 0 bridgehead atoms. The Morgan fingerprint density at radius 3 is 2.82 bits per heavy atom. The highest BCUT2D eigenvalue weighted by Gasteiger charge is 2.13. The molecule has 1 rings (SSSR count). The van der Waals surface area contributed by atoms with Crippen molar-refractivity contribution in [3.05, 3.63) is 28.8 Å². The number of hydrogen-bond donors (Lipinski definition) is 1. The molecule has 0 aromatic heterocycles. The maximum atomic E-state index is 11.4. The largest absolute Gasteiger partial charge is 0.466 e. The first-order valence-electron chi connectivity index (χ1n) is 4.99. The van der Waals surface area contributed by atoms with E-state index < -0.39 is 5.97 Å². The lowest BCUT2D eigenvalue weighted by atomic mass is 10.0. The summed E-state index contributed by atoms with van der Waals surface area (Å²) in [4.78, 5) is 22.4. The third-order valence-electron chi connectivity index (χ3n) is 2.13. The monoisotopic (exact) mass is 249 g/mol. The molecule has 0 heterocycles. The summed E-state index contributed by atoms with van der Waals surface area (Å²) < 4.78 is 4.81. The average Bonchev–Trinajstić information content (AvgIpc) is 2.31. The van der Waals surface area contributed by atoms with Gasteiger partial charge in [0.2, 0.25) is 0 Å². The van der Waals surface area contributed by atoms with Gasteiger partial charge >= 0.3 is 5.97 Å². The van der Waals surface area contributed by atoms with Crippen molar-refractivity contribution in [2.45, 2.75) is 18.2 Å². The first-order valence-corrected chi connectivity index (χ1v) is 5.43. The van der Waals surface area contributed by atoms with Crippen LogP contribution in [-0.4, -0.2) is 18.9 Å². The number of carbonyl (C=O) groups excluding carboxylic acids is 2. The van der Waals surface area contributed by atoms with Crippen LogP contribution < -0.4 is 0 Å². The van der Waals surface area contributed by atoms with Gasteiger partial charge in [0, 0.05) is 10.5 Å². The van der Waals surface area contributed by atoms with Crippen molar-refractivity contribution in [3.63, 3.8) is 0 Å². The van der Waals surface area contributed by atoms with Gasteiger partial charge in [-0.2, -0.15) is 5.26 Å². The van der Waals surface area contributed by atoms with Gasteiger partial charge in [-0.15, -0.1) is 12.6 Å². The summed E-state index contributed by atoms with van der Waals surface area (Å²) in [7, 11) is 0. The van der Waals surface area contributed by atoms with Gasteiger partial charge in [0.15, 0.2) is 0 Å². The van der Waals surface area contributed by atoms with Crippen molar-refractivity contribution in [3.8, 4) is 6.07 Å². The molecule has 4 nitrogen and oxygen atoms in total. The molecule has 0 unspecified atom stereocenters. The van der Waals surface area contributed by atoms with E-state index in [4.69, 9.17) is 10.00 Å². The van der Waals surface area contributed by atoms with Crippen LogP contribution in [0, 0.1) is 11.3 Å². The van der Waals surface area contributed by atoms with E-state index in [0.717, 1.165) is 0 Å². The molecule has 17 heavy (non-hydrogen) atoms. The Balaban J connectivity index is 3.11. The highest BCUT2D eigenvalue weighted by Crippen LogP contribution is 2.21. The molecule has 0 atom stereocenters. The molecule has 88 valence electrons. The van der Waals surface area contributed by atoms with Gasteiger partial charge in [0.1, 0.15) is 6.29 Å². The normalized spacial score (nSPS) is 9.47. The summed E-state index contributed by atoms with van der Waals surface area (Å²) in [5, 5.41) is 8.95. The van der Waals surface area contributed by atoms with Crippen molar-refractivity contribution in [2.75, 3.05) is 6.61 Å². The average molecular weight is 249 g/mol. The van der Waals surface area contributed by atoms with Gasteiger partial charge in [-0.05, 0) is 24.6 Å². The number of benzene rings is 1. The van der Waals surface area contributed by atoms with E-state index in [0.29, 0.717) is 22.3 Å². The molecule has 5 heteroatoms. The summed E-state index contributed by atoms with van der Waals surface area (Å²) in [5.41, 5.74) is 1.12. The van der Waals surface area contributed by atoms with E-state index >= 15 is 0 Å². The number of ether oxygens (including phenoxy) is 1. The Morgan fingerprint density at radius 2 is 2.29 bits per heavy atom. The van der Waals surface area contributed by atoms with Crippen LogP contribution in [0.4, 0.5) is 0 Å². The van der Waals surface area contributed by atoms with E-state index in [-0.39, 0.29) is 18.6 Å². The second-order valence-corrected chi connectivity index (χ2v) is 3.76. The summed E-state index contributed by atoms with van der Waals surface area (Å²) >= 11 is 4.17. The Hall–Kier alpha value is -1.80. The number of nitriles is 1. The van der Waals surface area contributed by atoms with Crippen LogP contribution in [0.25, 0.3) is 0 Å². The quantitative estimate of drug-likeness (QED) is 0.501. The third-order valence-corrected chi connectivity index (χ3v) is 2.53. The van der Waals surface area contributed by atoms with Gasteiger partial charge in [-0.3, -0.25) is 9.59 Å². The van der Waals surface area contributed by atoms with Crippen LogP contribution in [0.5, 0.6) is 0 Å². The standard InChI is InChI=1S/C12H11NO3S/c1-2-16-12(15)5-10-9(6-13)3-8(7-14)4-11(10)17/h3-4,7,17H,2,5H2,1H3. The summed E-state index contributed by atoms with van der Waals surface area (Å²) in [6, 6.07) is 4.89. The molecule has 0 spiro atoms. The van der Waals surface area contributed by atoms with Gasteiger partial charge in [-0.1, -0.05) is 0 Å². The molecule has 1 aromatic rings. The molecule has 0 aliphatic rings. The topological polar surface area (TPSA) is 67.2 Å². The first-order chi connectivity index (χ1) is 8.12. The molecule has 1 aromatic carbocycles. The fourth-order valence-corrected chi connectivity index (χ4v) is 1.74. The minimum absolute atomic E-state index is 0.0191. The van der Waals surface area contributed by atoms with Crippen LogP contribution in [-0.2, 0) is 16.0 Å². The number of esters is 1. The minimum atomic E-state index is -0.418. The minimum Gasteiger partial charge on any atom is -0.466 e. The Labute approximate surface area is 105 Å². The van der Waals surface area contributed by atoms with E-state index in [2.05, 4.69) is 12.6 Å². The van der Waals surface area contributed by atoms with Gasteiger partial charge < -0.3 is 4.74 Å². The highest BCUT2D eigenvalue weighted by atomic mass is 32.1. The Kier molecular flexibility index (Phi) is 4.73. The predicted molar refractivity (Wildman–Crippen MR) is 64.1 cm³/mol. The molecule has 0 saturated carbocycles. The van der Waals surface area contributed by atoms with Gasteiger partial charge in [-0.25, -0.2) is 0 Å². The summed E-state index contributed by atoms with van der Waals surface area (Å²) in [6.07, 6.45) is 0.614. The molecule has 0 fully saturated rings. The lowest BCUT2D eigenvalue weighted by Crippen LogP contribution is -2.09. The van der Waals surface area contributed by atoms with E-state index in [1.165, 1.54) is 12.1 Å². The lowest BCUT2D eigenvalue weighted by Gasteiger charge is -2.08. The molecule has 0 aliphatic carbocycles. The predicted octanol–water partition coefficient (Wildman–Crippen LogP) is 1.77. The molecular weight excluding hydrogens is 238 g/mol. The lowest BCUT2D eigenvalue weighted by molar-refractivity contribution is -0.142. The van der Waals surface area contributed by atoms with Gasteiger partial charge in [0.25, 0.3) is 0 Å². The fraction of sp³-hybridized carbons (Fsp3) is 0.250. The number of nitrogens with zero attached hydrogens (tertiary/aromatic N) is 1. The summed E-state index contributed by atoms with van der Waals surface area (Å²) in [5.74, 6) is -0.418. The van der Waals surface area contributed by atoms with E-state index in [1.54, 1.807) is 6.92 Å². The van der Waals surface area contributed by atoms with Gasteiger partial charge in [0.05, 0.1) is 24.7 Å². The third kappa shape index (κ3) is 3.33. The van der Waals surface area contributed by atoms with Crippen LogP contribution in [0.3, 0.4) is 0 Å². The number of aldehydes is 1. The van der Waals surface area contributed by atoms with Crippen LogP contribution >= 0.6 is 12.6 Å². The Bertz CT molecular complexity index is 491. The fourth-order valence-electron chi connectivity index (χ4n) is 1.39. The highest BCUT2D eigenvalue weighted by molar-refractivity contribution is 7.80. The molecular formula is C12H11NO3S. The zero-order valence-corrected chi connectivity index (χ0v) is 10.2. The number of thiol groups is 1. The van der Waals surface area contributed by atoms with Crippen molar-refractivity contribution in [1.29, 1.82) is 5.26 Å². The Morgan fingerprint density at radius 1 is 1.59 bits per heavy atom. The second-order valence-electron chi connectivity index (χ2n) is 3.28. The maximum absolute atomic E-state index is 11.4. The van der Waals surface area contributed by atoms with Crippen molar-refractivity contribution in [1.82, 2.24) is 0 Å². The molecule has 0 radical (unpaired) electrons. The molecule has 0 saturated heterocycles. The van der Waals surface area contributed by atoms with Crippen LogP contribution in [0.2, 0.25) is 0 Å². The SMILES string of the molecule is CCOC(=O)Cc1c(S)cc(C=O)cc1C#N. The molecule has 0 aliphatic heterocycles. The molecule has 0 amide bonds. The number of hydrogen-bond acceptors (Lipinski definition) is 5. The maximum Gasteiger partial charge on any atom is 0.310 e. The van der Waals surface area contributed by atoms with Crippen LogP contribution in [0.15, 0.2) is 17.0 Å². The zero-order valence-electron chi connectivity index (χ0n) is 9.27. The summed E-state index contributed by atoms with van der Waals surface area (Å²) in [6.45, 7) is 2.00. The second kappa shape index (κ2) is 6.06. The number of carbonyl (C=O) groups is 2.